The summed E-state index contributed by atoms with van der Waals surface area (Å²) in [6.45, 7) is 0.129. The molecular weight excluding hydrogens is 436 g/mol. The van der Waals surface area contributed by atoms with E-state index in [1.54, 1.807) is 60.9 Å². The molecule has 1 aliphatic heterocycles. The summed E-state index contributed by atoms with van der Waals surface area (Å²) in [5.41, 5.74) is 1.60. The Hall–Kier alpha value is -4.33. The number of hydrogen-bond donors (Lipinski definition) is 1. The van der Waals surface area contributed by atoms with Crippen LogP contribution in [0.1, 0.15) is 22.7 Å². The van der Waals surface area contributed by atoms with Crippen LogP contribution in [0.2, 0.25) is 0 Å². The van der Waals surface area contributed by atoms with Crippen molar-refractivity contribution in [2.45, 2.75) is 12.6 Å². The third-order valence-corrected chi connectivity index (χ3v) is 5.71. The number of ketones is 1. The Morgan fingerprint density at radius 3 is 2.35 bits per heavy atom. The minimum absolute atomic E-state index is 0.0365. The lowest BCUT2D eigenvalue weighted by atomic mass is 9.94. The van der Waals surface area contributed by atoms with Gasteiger partial charge in [0.1, 0.15) is 11.5 Å². The van der Waals surface area contributed by atoms with Crippen LogP contribution in [0.5, 0.6) is 17.2 Å². The molecule has 1 aromatic heterocycles. The fourth-order valence-electron chi connectivity index (χ4n) is 4.09. The number of amides is 1. The van der Waals surface area contributed by atoms with Gasteiger partial charge in [-0.25, -0.2) is 0 Å². The topological polar surface area (TPSA) is 98.2 Å². The number of carbonyl (C=O) groups is 2. The Morgan fingerprint density at radius 2 is 1.68 bits per heavy atom. The van der Waals surface area contributed by atoms with Crippen molar-refractivity contribution >= 4 is 17.4 Å². The van der Waals surface area contributed by atoms with Crippen LogP contribution in [0.4, 0.5) is 0 Å². The molecule has 1 atom stereocenters. The van der Waals surface area contributed by atoms with Gasteiger partial charge >= 0.3 is 0 Å². The molecule has 8 heteroatoms. The number of rotatable bonds is 7. The summed E-state index contributed by atoms with van der Waals surface area (Å²) in [6.07, 6.45) is 3.26. The monoisotopic (exact) mass is 460 g/mol. The highest BCUT2D eigenvalue weighted by Crippen LogP contribution is 2.44. The van der Waals surface area contributed by atoms with Gasteiger partial charge in [-0.2, -0.15) is 0 Å². The quantitative estimate of drug-likeness (QED) is 0.326. The Balaban J connectivity index is 1.91. The van der Waals surface area contributed by atoms with Crippen molar-refractivity contribution in [3.05, 3.63) is 89.3 Å². The first-order chi connectivity index (χ1) is 16.5. The molecule has 174 valence electrons. The van der Waals surface area contributed by atoms with Crippen LogP contribution in [-0.4, -0.2) is 48.0 Å². The fraction of sp³-hybridized carbons (Fsp3) is 0.192. The van der Waals surface area contributed by atoms with Crippen LogP contribution in [0.15, 0.2) is 72.6 Å². The Kier molecular flexibility index (Phi) is 6.49. The van der Waals surface area contributed by atoms with E-state index in [-0.39, 0.29) is 17.9 Å². The number of aromatic nitrogens is 1. The van der Waals surface area contributed by atoms with Gasteiger partial charge in [0.15, 0.2) is 11.5 Å². The Morgan fingerprint density at radius 1 is 0.941 bits per heavy atom. The number of aliphatic hydroxyl groups is 1. The molecule has 8 nitrogen and oxygen atoms in total. The number of Topliss-reactive ketones (excluding diaryl/α,β-unsaturated/α-hetero) is 1. The minimum atomic E-state index is -0.871. The minimum Gasteiger partial charge on any atom is -0.507 e. The van der Waals surface area contributed by atoms with Gasteiger partial charge < -0.3 is 24.2 Å². The van der Waals surface area contributed by atoms with E-state index in [0.29, 0.717) is 28.4 Å². The van der Waals surface area contributed by atoms with Crippen molar-refractivity contribution < 1.29 is 28.9 Å². The molecule has 1 saturated heterocycles. The molecule has 0 radical (unpaired) electrons. The number of likely N-dealkylation sites (tertiary alicyclic amines) is 1. The molecule has 1 N–H and O–H groups in total. The molecule has 0 bridgehead atoms. The summed E-state index contributed by atoms with van der Waals surface area (Å²) in [5.74, 6) is -0.483. The summed E-state index contributed by atoms with van der Waals surface area (Å²) < 4.78 is 16.1. The summed E-state index contributed by atoms with van der Waals surface area (Å²) in [5, 5.41) is 11.3. The second-order valence-corrected chi connectivity index (χ2v) is 7.60. The maximum Gasteiger partial charge on any atom is 0.295 e. The lowest BCUT2D eigenvalue weighted by molar-refractivity contribution is -0.140. The van der Waals surface area contributed by atoms with Gasteiger partial charge in [-0.3, -0.25) is 14.6 Å². The van der Waals surface area contributed by atoms with E-state index in [1.165, 1.54) is 26.2 Å². The smallest absolute Gasteiger partial charge is 0.295 e. The second-order valence-electron chi connectivity index (χ2n) is 7.60. The zero-order valence-electron chi connectivity index (χ0n) is 19.0. The number of nitrogens with zero attached hydrogens (tertiary/aromatic N) is 2. The highest BCUT2D eigenvalue weighted by molar-refractivity contribution is 6.46. The average Bonchev–Trinajstić information content (AvgIpc) is 3.13. The molecule has 1 aliphatic rings. The summed E-state index contributed by atoms with van der Waals surface area (Å²) in [4.78, 5) is 32.0. The number of hydrogen-bond acceptors (Lipinski definition) is 7. The molecule has 1 unspecified atom stereocenters. The summed E-state index contributed by atoms with van der Waals surface area (Å²) in [7, 11) is 4.49. The van der Waals surface area contributed by atoms with Gasteiger partial charge in [-0.05, 0) is 35.9 Å². The van der Waals surface area contributed by atoms with Gasteiger partial charge in [0.25, 0.3) is 11.7 Å². The maximum atomic E-state index is 13.3. The summed E-state index contributed by atoms with van der Waals surface area (Å²) in [6, 6.07) is 14.6. The highest BCUT2D eigenvalue weighted by atomic mass is 16.5. The first-order valence-corrected chi connectivity index (χ1v) is 10.5. The molecule has 0 saturated carbocycles. The zero-order chi connectivity index (χ0) is 24.2. The third-order valence-electron chi connectivity index (χ3n) is 5.71. The Bertz CT molecular complexity index is 1260. The fourth-order valence-corrected chi connectivity index (χ4v) is 4.09. The number of ether oxygens (including phenoxy) is 3. The van der Waals surface area contributed by atoms with Crippen molar-refractivity contribution in [1.29, 1.82) is 0 Å². The summed E-state index contributed by atoms with van der Waals surface area (Å²) >= 11 is 0. The SMILES string of the molecule is COc1ccc(/C(O)=C2\C(=O)C(=O)N(Cc3cccnc3)C2c2ccccc2OC)cc1OC. The van der Waals surface area contributed by atoms with Gasteiger partial charge in [-0.15, -0.1) is 0 Å². The van der Waals surface area contributed by atoms with Crippen LogP contribution >= 0.6 is 0 Å². The number of pyridine rings is 1. The van der Waals surface area contributed by atoms with Gasteiger partial charge in [-0.1, -0.05) is 24.3 Å². The normalized spacial score (nSPS) is 17.0. The predicted molar refractivity (Wildman–Crippen MR) is 125 cm³/mol. The van der Waals surface area contributed by atoms with Crippen molar-refractivity contribution in [2.24, 2.45) is 0 Å². The molecule has 4 rings (SSSR count). The van der Waals surface area contributed by atoms with Crippen molar-refractivity contribution in [1.82, 2.24) is 9.88 Å². The number of aliphatic hydroxyl groups excluding tert-OH is 1. The Labute approximate surface area is 197 Å². The largest absolute Gasteiger partial charge is 0.507 e. The first kappa shape index (κ1) is 22.8. The van der Waals surface area contributed by atoms with E-state index in [0.717, 1.165) is 5.56 Å². The molecule has 1 fully saturated rings. The van der Waals surface area contributed by atoms with Gasteiger partial charge in [0, 0.05) is 30.1 Å². The standard InChI is InChI=1S/C26H24N2O6/c1-32-19-9-5-4-8-18(19)23-22(24(29)17-10-11-20(33-2)21(13-17)34-3)25(30)26(31)28(23)15-16-7-6-12-27-14-16/h4-14,23,29H,15H2,1-3H3/b24-22+. The van der Waals surface area contributed by atoms with E-state index in [1.807, 2.05) is 6.07 Å². The van der Waals surface area contributed by atoms with Gasteiger partial charge in [0.05, 0.1) is 32.9 Å². The van der Waals surface area contributed by atoms with Gasteiger partial charge in [0.2, 0.25) is 0 Å². The van der Waals surface area contributed by atoms with Crippen LogP contribution in [0.25, 0.3) is 5.76 Å². The van der Waals surface area contributed by atoms with E-state index in [4.69, 9.17) is 14.2 Å². The second kappa shape index (κ2) is 9.66. The first-order valence-electron chi connectivity index (χ1n) is 10.5. The number of carbonyl (C=O) groups excluding carboxylic acids is 2. The van der Waals surface area contributed by atoms with E-state index >= 15 is 0 Å². The van der Waals surface area contributed by atoms with E-state index in [9.17, 15) is 14.7 Å². The lowest BCUT2D eigenvalue weighted by Gasteiger charge is -2.26. The zero-order valence-corrected chi connectivity index (χ0v) is 19.0. The van der Waals surface area contributed by atoms with Crippen LogP contribution < -0.4 is 14.2 Å². The van der Waals surface area contributed by atoms with Crippen molar-refractivity contribution in [2.75, 3.05) is 21.3 Å². The maximum absolute atomic E-state index is 13.3. The van der Waals surface area contributed by atoms with E-state index < -0.39 is 17.7 Å². The molecule has 2 heterocycles. The molecule has 1 amide bonds. The number of para-hydroxylation sites is 1. The molecule has 3 aromatic rings. The third kappa shape index (κ3) is 4.05. The predicted octanol–water partition coefficient (Wildman–Crippen LogP) is 3.73. The number of methoxy groups -OCH3 is 3. The van der Waals surface area contributed by atoms with Crippen LogP contribution in [0.3, 0.4) is 0 Å². The molecule has 2 aromatic carbocycles. The molecule has 0 spiro atoms. The van der Waals surface area contributed by atoms with Crippen molar-refractivity contribution in [3.63, 3.8) is 0 Å². The molecule has 0 aliphatic carbocycles. The molecular formula is C26H24N2O6. The highest BCUT2D eigenvalue weighted by Gasteiger charge is 2.47. The van der Waals surface area contributed by atoms with Crippen molar-refractivity contribution in [3.8, 4) is 17.2 Å². The average molecular weight is 460 g/mol. The van der Waals surface area contributed by atoms with Crippen LogP contribution in [0, 0.1) is 0 Å². The van der Waals surface area contributed by atoms with E-state index in [2.05, 4.69) is 4.98 Å². The lowest BCUT2D eigenvalue weighted by Crippen LogP contribution is -2.29. The molecule has 34 heavy (non-hydrogen) atoms. The van der Waals surface area contributed by atoms with Crippen LogP contribution in [-0.2, 0) is 16.1 Å². The number of benzene rings is 2.